The normalized spacial score (nSPS) is 16.9. The van der Waals surface area contributed by atoms with E-state index < -0.39 is 0 Å². The number of carbonyl (C=O) groups excluding carboxylic acids is 2. The minimum Gasteiger partial charge on any atom is -0.374 e. The Morgan fingerprint density at radius 1 is 1.00 bits per heavy atom. The van der Waals surface area contributed by atoms with Gasteiger partial charge in [-0.05, 0) is 24.1 Å². The van der Waals surface area contributed by atoms with Crippen molar-refractivity contribution in [3.05, 3.63) is 71.8 Å². The van der Waals surface area contributed by atoms with Crippen LogP contribution in [0.5, 0.6) is 0 Å². The van der Waals surface area contributed by atoms with Crippen molar-refractivity contribution in [1.82, 2.24) is 15.5 Å². The lowest BCUT2D eigenvalue weighted by Crippen LogP contribution is -2.47. The summed E-state index contributed by atoms with van der Waals surface area (Å²) in [6, 6.07) is 19.5. The largest absolute Gasteiger partial charge is 0.374 e. The van der Waals surface area contributed by atoms with Crippen LogP contribution in [-0.4, -0.2) is 55.6 Å². The summed E-state index contributed by atoms with van der Waals surface area (Å²) in [4.78, 5) is 26.4. The first-order chi connectivity index (χ1) is 14.2. The van der Waals surface area contributed by atoms with E-state index in [-0.39, 0.29) is 17.9 Å². The Hall–Kier alpha value is -2.70. The smallest absolute Gasteiger partial charge is 0.251 e. The van der Waals surface area contributed by atoms with E-state index in [0.29, 0.717) is 38.1 Å². The molecular weight excluding hydrogens is 366 g/mol. The number of rotatable bonds is 9. The SMILES string of the molecule is O=C(CCCNC(=O)c1ccccc1)NCC1CN(Cc2ccccc2)CCO1. The fraction of sp³-hybridized carbons (Fsp3) is 0.391. The Kier molecular flexibility index (Phi) is 8.22. The summed E-state index contributed by atoms with van der Waals surface area (Å²) >= 11 is 0. The zero-order chi connectivity index (χ0) is 20.3. The van der Waals surface area contributed by atoms with Crippen molar-refractivity contribution in [3.63, 3.8) is 0 Å². The lowest BCUT2D eigenvalue weighted by molar-refractivity contribution is -0.122. The van der Waals surface area contributed by atoms with Gasteiger partial charge < -0.3 is 15.4 Å². The van der Waals surface area contributed by atoms with Gasteiger partial charge in [-0.15, -0.1) is 0 Å². The van der Waals surface area contributed by atoms with Crippen molar-refractivity contribution in [2.24, 2.45) is 0 Å². The van der Waals surface area contributed by atoms with Gasteiger partial charge in [-0.3, -0.25) is 14.5 Å². The van der Waals surface area contributed by atoms with E-state index >= 15 is 0 Å². The molecule has 0 aromatic heterocycles. The number of nitrogens with one attached hydrogen (secondary N) is 2. The minimum atomic E-state index is -0.111. The van der Waals surface area contributed by atoms with Crippen LogP contribution < -0.4 is 10.6 Å². The van der Waals surface area contributed by atoms with Gasteiger partial charge in [0.2, 0.25) is 5.91 Å². The van der Waals surface area contributed by atoms with Crippen molar-refractivity contribution in [3.8, 4) is 0 Å². The molecule has 29 heavy (non-hydrogen) atoms. The zero-order valence-corrected chi connectivity index (χ0v) is 16.7. The number of hydrogen-bond donors (Lipinski definition) is 2. The van der Waals surface area contributed by atoms with Crippen LogP contribution in [0.4, 0.5) is 0 Å². The quantitative estimate of drug-likeness (QED) is 0.639. The van der Waals surface area contributed by atoms with Crippen LogP contribution in [0, 0.1) is 0 Å². The fourth-order valence-electron chi connectivity index (χ4n) is 3.35. The molecular formula is C23H29N3O3. The van der Waals surface area contributed by atoms with Gasteiger partial charge in [0.25, 0.3) is 5.91 Å². The number of carbonyl (C=O) groups is 2. The molecule has 1 aliphatic heterocycles. The number of benzene rings is 2. The van der Waals surface area contributed by atoms with Crippen LogP contribution in [0.15, 0.2) is 60.7 Å². The summed E-state index contributed by atoms with van der Waals surface area (Å²) in [6.07, 6.45) is 1.00. The van der Waals surface area contributed by atoms with E-state index in [4.69, 9.17) is 4.74 Å². The number of morpholine rings is 1. The predicted octanol–water partition coefficient (Wildman–Crippen LogP) is 2.21. The fourth-order valence-corrected chi connectivity index (χ4v) is 3.35. The second-order valence-corrected chi connectivity index (χ2v) is 7.24. The van der Waals surface area contributed by atoms with Crippen LogP contribution in [0.2, 0.25) is 0 Å². The van der Waals surface area contributed by atoms with Crippen molar-refractivity contribution >= 4 is 11.8 Å². The van der Waals surface area contributed by atoms with Gasteiger partial charge in [0.05, 0.1) is 12.7 Å². The maximum absolute atomic E-state index is 12.1. The highest BCUT2D eigenvalue weighted by Crippen LogP contribution is 2.10. The summed E-state index contributed by atoms with van der Waals surface area (Å²) in [5.74, 6) is -0.122. The monoisotopic (exact) mass is 395 g/mol. The Morgan fingerprint density at radius 3 is 2.48 bits per heavy atom. The third kappa shape index (κ3) is 7.33. The number of amides is 2. The Labute approximate surface area is 172 Å². The first kappa shape index (κ1) is 21.0. The van der Waals surface area contributed by atoms with Gasteiger partial charge in [0, 0.05) is 44.7 Å². The first-order valence-corrected chi connectivity index (χ1v) is 10.2. The van der Waals surface area contributed by atoms with Gasteiger partial charge in [-0.25, -0.2) is 0 Å². The van der Waals surface area contributed by atoms with Crippen LogP contribution >= 0.6 is 0 Å². The zero-order valence-electron chi connectivity index (χ0n) is 16.7. The van der Waals surface area contributed by atoms with E-state index in [2.05, 4.69) is 39.8 Å². The van der Waals surface area contributed by atoms with Gasteiger partial charge in [0.15, 0.2) is 0 Å². The predicted molar refractivity (Wildman–Crippen MR) is 112 cm³/mol. The standard InChI is InChI=1S/C23H29N3O3/c27-22(12-7-13-24-23(28)20-10-5-2-6-11-20)25-16-21-18-26(14-15-29-21)17-19-8-3-1-4-9-19/h1-6,8-11,21H,7,12-18H2,(H,24,28)(H,25,27). The molecule has 0 radical (unpaired) electrons. The van der Waals surface area contributed by atoms with Gasteiger partial charge in [0.1, 0.15) is 0 Å². The molecule has 2 aromatic rings. The summed E-state index contributed by atoms with van der Waals surface area (Å²) < 4.78 is 5.79. The summed E-state index contributed by atoms with van der Waals surface area (Å²) in [6.45, 7) is 4.28. The molecule has 6 nitrogen and oxygen atoms in total. The molecule has 1 fully saturated rings. The van der Waals surface area contributed by atoms with Crippen LogP contribution in [0.25, 0.3) is 0 Å². The molecule has 1 heterocycles. The summed E-state index contributed by atoms with van der Waals surface area (Å²) in [7, 11) is 0. The summed E-state index contributed by atoms with van der Waals surface area (Å²) in [5.41, 5.74) is 1.92. The first-order valence-electron chi connectivity index (χ1n) is 10.2. The lowest BCUT2D eigenvalue weighted by Gasteiger charge is -2.33. The van der Waals surface area contributed by atoms with E-state index in [1.54, 1.807) is 12.1 Å². The molecule has 1 unspecified atom stereocenters. The van der Waals surface area contributed by atoms with Crippen molar-refractivity contribution in [2.75, 3.05) is 32.8 Å². The molecule has 0 spiro atoms. The molecule has 3 rings (SSSR count). The van der Waals surface area contributed by atoms with Crippen molar-refractivity contribution in [2.45, 2.75) is 25.5 Å². The van der Waals surface area contributed by atoms with E-state index in [9.17, 15) is 9.59 Å². The second-order valence-electron chi connectivity index (χ2n) is 7.24. The highest BCUT2D eigenvalue weighted by molar-refractivity contribution is 5.94. The minimum absolute atomic E-state index is 0.00851. The molecule has 1 aliphatic rings. The molecule has 154 valence electrons. The van der Waals surface area contributed by atoms with Crippen LogP contribution in [0.3, 0.4) is 0 Å². The number of nitrogens with zero attached hydrogens (tertiary/aromatic N) is 1. The van der Waals surface area contributed by atoms with Crippen LogP contribution in [-0.2, 0) is 16.1 Å². The average Bonchev–Trinajstić information content (AvgIpc) is 2.77. The Morgan fingerprint density at radius 2 is 1.72 bits per heavy atom. The van der Waals surface area contributed by atoms with E-state index in [1.165, 1.54) is 5.56 Å². The molecule has 0 aliphatic carbocycles. The molecule has 1 saturated heterocycles. The number of hydrogen-bond acceptors (Lipinski definition) is 4. The average molecular weight is 396 g/mol. The third-order valence-corrected chi connectivity index (χ3v) is 4.90. The number of ether oxygens (including phenoxy) is 1. The highest BCUT2D eigenvalue weighted by Gasteiger charge is 2.21. The molecule has 6 heteroatoms. The second kappa shape index (κ2) is 11.3. The maximum Gasteiger partial charge on any atom is 0.251 e. The highest BCUT2D eigenvalue weighted by atomic mass is 16.5. The molecule has 2 aromatic carbocycles. The van der Waals surface area contributed by atoms with Crippen molar-refractivity contribution < 1.29 is 14.3 Å². The summed E-state index contributed by atoms with van der Waals surface area (Å²) in [5, 5.41) is 5.79. The van der Waals surface area contributed by atoms with E-state index in [1.807, 2.05) is 24.3 Å². The lowest BCUT2D eigenvalue weighted by atomic mass is 10.2. The molecule has 1 atom stereocenters. The molecule has 0 saturated carbocycles. The van der Waals surface area contributed by atoms with E-state index in [0.717, 1.165) is 19.6 Å². The van der Waals surface area contributed by atoms with Gasteiger partial charge in [-0.1, -0.05) is 48.5 Å². The van der Waals surface area contributed by atoms with Crippen molar-refractivity contribution in [1.29, 1.82) is 0 Å². The van der Waals surface area contributed by atoms with Crippen LogP contribution in [0.1, 0.15) is 28.8 Å². The molecule has 0 bridgehead atoms. The van der Waals surface area contributed by atoms with Gasteiger partial charge in [-0.2, -0.15) is 0 Å². The topological polar surface area (TPSA) is 70.7 Å². The molecule has 2 N–H and O–H groups in total. The van der Waals surface area contributed by atoms with Gasteiger partial charge >= 0.3 is 0 Å². The third-order valence-electron chi connectivity index (χ3n) is 4.90. The Balaban J connectivity index is 1.29. The Bertz CT molecular complexity index is 767. The maximum atomic E-state index is 12.1. The molecule has 2 amide bonds.